The van der Waals surface area contributed by atoms with Crippen LogP contribution in [0.2, 0.25) is 0 Å². The Labute approximate surface area is 167 Å². The molecule has 4 rings (SSSR count). The SMILES string of the molecule is COC(=O)c1nn(-c2ccccc2)c(-c2cccc3ccccc23)c1C(=O)OC. The maximum absolute atomic E-state index is 12.7. The zero-order chi connectivity index (χ0) is 20.4. The Hall–Kier alpha value is -3.93. The van der Waals surface area contributed by atoms with E-state index in [-0.39, 0.29) is 11.3 Å². The first kappa shape index (κ1) is 18.4. The van der Waals surface area contributed by atoms with Crippen LogP contribution in [0.4, 0.5) is 0 Å². The highest BCUT2D eigenvalue weighted by Crippen LogP contribution is 2.35. The summed E-state index contributed by atoms with van der Waals surface area (Å²) >= 11 is 0. The molecule has 0 aliphatic carbocycles. The molecular formula is C23H18N2O4. The Bertz CT molecular complexity index is 1210. The minimum Gasteiger partial charge on any atom is -0.465 e. The van der Waals surface area contributed by atoms with Crippen LogP contribution in [0.15, 0.2) is 72.8 Å². The van der Waals surface area contributed by atoms with Crippen LogP contribution >= 0.6 is 0 Å². The van der Waals surface area contributed by atoms with Gasteiger partial charge in [-0.15, -0.1) is 0 Å². The summed E-state index contributed by atoms with van der Waals surface area (Å²) in [5.74, 6) is -1.36. The van der Waals surface area contributed by atoms with E-state index in [4.69, 9.17) is 9.47 Å². The number of carbonyl (C=O) groups excluding carboxylic acids is 2. The number of esters is 2. The molecule has 0 saturated heterocycles. The molecule has 3 aromatic carbocycles. The number of para-hydroxylation sites is 1. The molecule has 0 amide bonds. The minimum absolute atomic E-state index is 0.0690. The van der Waals surface area contributed by atoms with Crippen molar-refractivity contribution in [3.8, 4) is 16.9 Å². The lowest BCUT2D eigenvalue weighted by Crippen LogP contribution is -2.11. The van der Waals surface area contributed by atoms with Crippen molar-refractivity contribution >= 4 is 22.7 Å². The predicted octanol–water partition coefficient (Wildman–Crippen LogP) is 4.27. The zero-order valence-corrected chi connectivity index (χ0v) is 16.0. The standard InChI is InChI=1S/C23H18N2O4/c1-28-22(26)19-20(23(27)29-2)24-25(16-11-4-3-5-12-16)21(19)18-14-8-10-15-9-6-7-13-17(15)18/h3-14H,1-2H3. The lowest BCUT2D eigenvalue weighted by molar-refractivity contribution is 0.0552. The average Bonchev–Trinajstić information content (AvgIpc) is 3.18. The van der Waals surface area contributed by atoms with Crippen molar-refractivity contribution in [2.45, 2.75) is 0 Å². The number of rotatable bonds is 4. The fourth-order valence-corrected chi connectivity index (χ4v) is 3.39. The van der Waals surface area contributed by atoms with E-state index in [1.165, 1.54) is 14.2 Å². The molecule has 0 saturated carbocycles. The summed E-state index contributed by atoms with van der Waals surface area (Å²) in [6.07, 6.45) is 0. The van der Waals surface area contributed by atoms with Gasteiger partial charge >= 0.3 is 11.9 Å². The number of carbonyl (C=O) groups is 2. The number of nitrogens with zero attached hydrogens (tertiary/aromatic N) is 2. The Kier molecular flexibility index (Phi) is 4.83. The van der Waals surface area contributed by atoms with Gasteiger partial charge in [0.05, 0.1) is 25.6 Å². The topological polar surface area (TPSA) is 70.4 Å². The molecule has 0 atom stereocenters. The molecule has 0 spiro atoms. The molecule has 0 bridgehead atoms. The molecule has 4 aromatic rings. The Balaban J connectivity index is 2.14. The van der Waals surface area contributed by atoms with Crippen LogP contribution < -0.4 is 0 Å². The molecule has 6 nitrogen and oxygen atoms in total. The molecule has 0 aliphatic rings. The number of hydrogen-bond acceptors (Lipinski definition) is 5. The van der Waals surface area contributed by atoms with Gasteiger partial charge in [0.25, 0.3) is 0 Å². The van der Waals surface area contributed by atoms with E-state index >= 15 is 0 Å². The van der Waals surface area contributed by atoms with Gasteiger partial charge in [0, 0.05) is 5.56 Å². The van der Waals surface area contributed by atoms with Crippen molar-refractivity contribution < 1.29 is 19.1 Å². The second-order valence-electron chi connectivity index (χ2n) is 6.33. The number of methoxy groups -OCH3 is 2. The number of benzene rings is 3. The number of hydrogen-bond donors (Lipinski definition) is 0. The Morgan fingerprint density at radius 3 is 2.17 bits per heavy atom. The fourth-order valence-electron chi connectivity index (χ4n) is 3.39. The second kappa shape index (κ2) is 7.59. The Morgan fingerprint density at radius 1 is 0.793 bits per heavy atom. The summed E-state index contributed by atoms with van der Waals surface area (Å²) in [7, 11) is 2.53. The van der Waals surface area contributed by atoms with Crippen LogP contribution in [0.3, 0.4) is 0 Å². The van der Waals surface area contributed by atoms with Crippen LogP contribution in [0.1, 0.15) is 20.8 Å². The maximum Gasteiger partial charge on any atom is 0.359 e. The van der Waals surface area contributed by atoms with Gasteiger partial charge in [-0.1, -0.05) is 60.7 Å². The molecule has 1 aromatic heterocycles. The third kappa shape index (κ3) is 3.14. The largest absolute Gasteiger partial charge is 0.465 e. The average molecular weight is 386 g/mol. The van der Waals surface area contributed by atoms with E-state index in [0.29, 0.717) is 11.4 Å². The second-order valence-corrected chi connectivity index (χ2v) is 6.33. The molecule has 6 heteroatoms. The summed E-state index contributed by atoms with van der Waals surface area (Å²) in [5.41, 5.74) is 1.91. The van der Waals surface area contributed by atoms with Crippen LogP contribution in [0.5, 0.6) is 0 Å². The highest BCUT2D eigenvalue weighted by atomic mass is 16.5. The van der Waals surface area contributed by atoms with Crippen LogP contribution in [0.25, 0.3) is 27.7 Å². The molecule has 0 unspecified atom stereocenters. The summed E-state index contributed by atoms with van der Waals surface area (Å²) < 4.78 is 11.5. The fraction of sp³-hybridized carbons (Fsp3) is 0.0870. The summed E-state index contributed by atoms with van der Waals surface area (Å²) in [4.78, 5) is 25.2. The third-order valence-electron chi connectivity index (χ3n) is 4.70. The zero-order valence-electron chi connectivity index (χ0n) is 16.0. The Morgan fingerprint density at radius 2 is 1.45 bits per heavy atom. The van der Waals surface area contributed by atoms with Crippen LogP contribution in [-0.4, -0.2) is 35.9 Å². The van der Waals surface area contributed by atoms with E-state index < -0.39 is 11.9 Å². The quantitative estimate of drug-likeness (QED) is 0.490. The minimum atomic E-state index is -0.707. The van der Waals surface area contributed by atoms with E-state index in [9.17, 15) is 9.59 Å². The monoisotopic (exact) mass is 386 g/mol. The van der Waals surface area contributed by atoms with Crippen molar-refractivity contribution in [3.63, 3.8) is 0 Å². The highest BCUT2D eigenvalue weighted by Gasteiger charge is 2.31. The molecule has 29 heavy (non-hydrogen) atoms. The molecule has 0 radical (unpaired) electrons. The van der Waals surface area contributed by atoms with Gasteiger partial charge < -0.3 is 9.47 Å². The number of fused-ring (bicyclic) bond motifs is 1. The van der Waals surface area contributed by atoms with Crippen molar-refractivity contribution in [2.75, 3.05) is 14.2 Å². The first-order valence-corrected chi connectivity index (χ1v) is 8.99. The van der Waals surface area contributed by atoms with E-state index in [1.807, 2.05) is 72.8 Å². The number of aromatic nitrogens is 2. The molecular weight excluding hydrogens is 368 g/mol. The van der Waals surface area contributed by atoms with E-state index in [2.05, 4.69) is 5.10 Å². The smallest absolute Gasteiger partial charge is 0.359 e. The summed E-state index contributed by atoms with van der Waals surface area (Å²) in [5, 5.41) is 6.37. The maximum atomic E-state index is 12.7. The van der Waals surface area contributed by atoms with Gasteiger partial charge in [-0.2, -0.15) is 5.10 Å². The number of ether oxygens (including phenoxy) is 2. The van der Waals surface area contributed by atoms with Gasteiger partial charge in [0.1, 0.15) is 5.56 Å². The third-order valence-corrected chi connectivity index (χ3v) is 4.70. The molecule has 144 valence electrons. The van der Waals surface area contributed by atoms with Crippen molar-refractivity contribution in [3.05, 3.63) is 84.1 Å². The van der Waals surface area contributed by atoms with E-state index in [1.54, 1.807) is 4.68 Å². The van der Waals surface area contributed by atoms with Crippen molar-refractivity contribution in [1.29, 1.82) is 0 Å². The first-order chi connectivity index (χ1) is 14.2. The highest BCUT2D eigenvalue weighted by molar-refractivity contribution is 6.09. The first-order valence-electron chi connectivity index (χ1n) is 8.99. The van der Waals surface area contributed by atoms with Crippen LogP contribution in [-0.2, 0) is 9.47 Å². The van der Waals surface area contributed by atoms with Crippen LogP contribution in [0, 0.1) is 0 Å². The van der Waals surface area contributed by atoms with Gasteiger partial charge in [0.15, 0.2) is 5.69 Å². The normalized spacial score (nSPS) is 10.7. The lowest BCUT2D eigenvalue weighted by Gasteiger charge is -2.12. The summed E-state index contributed by atoms with van der Waals surface area (Å²) in [6, 6.07) is 22.9. The van der Waals surface area contributed by atoms with Crippen molar-refractivity contribution in [1.82, 2.24) is 9.78 Å². The molecule has 0 fully saturated rings. The molecule has 0 aliphatic heterocycles. The van der Waals surface area contributed by atoms with Gasteiger partial charge in [-0.3, -0.25) is 0 Å². The van der Waals surface area contributed by atoms with Gasteiger partial charge in [-0.25, -0.2) is 14.3 Å². The predicted molar refractivity (Wildman–Crippen MR) is 109 cm³/mol. The van der Waals surface area contributed by atoms with Gasteiger partial charge in [0.2, 0.25) is 0 Å². The van der Waals surface area contributed by atoms with E-state index in [0.717, 1.165) is 16.3 Å². The lowest BCUT2D eigenvalue weighted by atomic mass is 9.98. The molecule has 1 heterocycles. The summed E-state index contributed by atoms with van der Waals surface area (Å²) in [6.45, 7) is 0. The van der Waals surface area contributed by atoms with Crippen molar-refractivity contribution in [2.24, 2.45) is 0 Å². The van der Waals surface area contributed by atoms with Gasteiger partial charge in [-0.05, 0) is 22.9 Å². The molecule has 0 N–H and O–H groups in total.